The van der Waals surface area contributed by atoms with Crippen LogP contribution in [-0.4, -0.2) is 45.2 Å². The van der Waals surface area contributed by atoms with E-state index in [0.29, 0.717) is 24.4 Å². The smallest absolute Gasteiger partial charge is 0.253 e. The Balaban J connectivity index is 1.75. The molecule has 0 bridgehead atoms. The van der Waals surface area contributed by atoms with Crippen LogP contribution in [0.1, 0.15) is 35.2 Å². The maximum atomic E-state index is 13.0. The monoisotopic (exact) mass is 413 g/mol. The molecule has 2 aromatic rings. The van der Waals surface area contributed by atoms with Gasteiger partial charge in [-0.2, -0.15) is 0 Å². The van der Waals surface area contributed by atoms with Crippen molar-refractivity contribution >= 4 is 23.2 Å². The molecule has 1 aliphatic rings. The molecule has 1 aliphatic heterocycles. The van der Waals surface area contributed by atoms with Crippen molar-refractivity contribution in [3.63, 3.8) is 0 Å². The molecule has 7 heteroatoms. The van der Waals surface area contributed by atoms with E-state index in [0.717, 1.165) is 37.2 Å². The van der Waals surface area contributed by atoms with E-state index in [4.69, 9.17) is 4.74 Å². The van der Waals surface area contributed by atoms with Crippen LogP contribution in [0.3, 0.4) is 0 Å². The number of carbonyl (C=O) groups is 2. The van der Waals surface area contributed by atoms with E-state index in [9.17, 15) is 14.0 Å². The summed E-state index contributed by atoms with van der Waals surface area (Å²) in [5.41, 5.74) is 2.69. The molecule has 1 heterocycles. The third-order valence-electron chi connectivity index (χ3n) is 5.09. The summed E-state index contributed by atoms with van der Waals surface area (Å²) in [6.45, 7) is 2.66. The van der Waals surface area contributed by atoms with Gasteiger partial charge in [0.25, 0.3) is 5.91 Å². The largest absolute Gasteiger partial charge is 0.383 e. The molecule has 2 amide bonds. The lowest BCUT2D eigenvalue weighted by Crippen LogP contribution is -2.33. The van der Waals surface area contributed by atoms with Gasteiger partial charge in [-0.15, -0.1) is 0 Å². The van der Waals surface area contributed by atoms with Crippen molar-refractivity contribution in [2.24, 2.45) is 0 Å². The zero-order valence-corrected chi connectivity index (χ0v) is 17.2. The number of ether oxygens (including phenoxy) is 1. The number of amides is 2. The fraction of sp³-hybridized carbons (Fsp3) is 0.391. The summed E-state index contributed by atoms with van der Waals surface area (Å²) in [5, 5.41) is 5.71. The highest BCUT2D eigenvalue weighted by Crippen LogP contribution is 2.27. The molecule has 1 saturated heterocycles. The molecule has 0 atom stereocenters. The maximum absolute atomic E-state index is 13.0. The fourth-order valence-electron chi connectivity index (χ4n) is 3.56. The van der Waals surface area contributed by atoms with E-state index in [-0.39, 0.29) is 24.1 Å². The van der Waals surface area contributed by atoms with Crippen molar-refractivity contribution in [1.82, 2.24) is 5.32 Å². The highest BCUT2D eigenvalue weighted by Gasteiger charge is 2.19. The Morgan fingerprint density at radius 1 is 1.07 bits per heavy atom. The van der Waals surface area contributed by atoms with Crippen molar-refractivity contribution < 1.29 is 18.7 Å². The van der Waals surface area contributed by atoms with Gasteiger partial charge < -0.3 is 20.3 Å². The number of rotatable bonds is 8. The standard InChI is InChI=1S/C23H28FN3O3/c1-30-14-11-25-23(29)20-16-19(9-10-21(20)27-12-3-2-4-13-27)26-22(28)15-17-5-7-18(24)8-6-17/h5-10,16H,2-4,11-15H2,1H3,(H,25,29)(H,26,28). The molecule has 2 aromatic carbocycles. The van der Waals surface area contributed by atoms with Gasteiger partial charge in [-0.25, -0.2) is 4.39 Å². The van der Waals surface area contributed by atoms with Crippen LogP contribution in [0.5, 0.6) is 0 Å². The summed E-state index contributed by atoms with van der Waals surface area (Å²) in [6, 6.07) is 11.3. The van der Waals surface area contributed by atoms with Crippen LogP contribution in [-0.2, 0) is 16.0 Å². The Labute approximate surface area is 176 Å². The van der Waals surface area contributed by atoms with Gasteiger partial charge in [0.2, 0.25) is 5.91 Å². The Bertz CT molecular complexity index is 864. The Morgan fingerprint density at radius 2 is 1.80 bits per heavy atom. The lowest BCUT2D eigenvalue weighted by molar-refractivity contribution is -0.115. The van der Waals surface area contributed by atoms with Gasteiger partial charge in [0.1, 0.15) is 5.82 Å². The van der Waals surface area contributed by atoms with E-state index in [1.165, 1.54) is 18.6 Å². The second-order valence-corrected chi connectivity index (χ2v) is 7.38. The molecule has 0 aliphatic carbocycles. The highest BCUT2D eigenvalue weighted by atomic mass is 19.1. The molecule has 0 saturated carbocycles. The van der Waals surface area contributed by atoms with Crippen molar-refractivity contribution in [3.8, 4) is 0 Å². The summed E-state index contributed by atoms with van der Waals surface area (Å²) in [4.78, 5) is 27.4. The minimum absolute atomic E-state index is 0.128. The summed E-state index contributed by atoms with van der Waals surface area (Å²) in [7, 11) is 1.59. The normalized spacial score (nSPS) is 13.7. The van der Waals surface area contributed by atoms with Crippen molar-refractivity contribution in [1.29, 1.82) is 0 Å². The lowest BCUT2D eigenvalue weighted by Gasteiger charge is -2.30. The van der Waals surface area contributed by atoms with E-state index < -0.39 is 0 Å². The van der Waals surface area contributed by atoms with Crippen LogP contribution in [0.2, 0.25) is 0 Å². The van der Waals surface area contributed by atoms with Crippen molar-refractivity contribution in [2.45, 2.75) is 25.7 Å². The van der Waals surface area contributed by atoms with Gasteiger partial charge in [-0.1, -0.05) is 12.1 Å². The summed E-state index contributed by atoms with van der Waals surface area (Å²) in [5.74, 6) is -0.753. The number of piperidine rings is 1. The second kappa shape index (κ2) is 10.7. The molecule has 0 aromatic heterocycles. The van der Waals surface area contributed by atoms with E-state index in [1.54, 1.807) is 25.3 Å². The molecular weight excluding hydrogens is 385 g/mol. The van der Waals surface area contributed by atoms with E-state index in [2.05, 4.69) is 15.5 Å². The quantitative estimate of drug-likeness (QED) is 0.651. The lowest BCUT2D eigenvalue weighted by atomic mass is 10.1. The summed E-state index contributed by atoms with van der Waals surface area (Å²) < 4.78 is 18.1. The van der Waals surface area contributed by atoms with Crippen molar-refractivity contribution in [2.75, 3.05) is 43.6 Å². The Morgan fingerprint density at radius 3 is 2.50 bits per heavy atom. The third-order valence-corrected chi connectivity index (χ3v) is 5.09. The van der Waals surface area contributed by atoms with Crippen LogP contribution >= 0.6 is 0 Å². The minimum Gasteiger partial charge on any atom is -0.383 e. The fourth-order valence-corrected chi connectivity index (χ4v) is 3.56. The van der Waals surface area contributed by atoms with Crippen LogP contribution in [0.25, 0.3) is 0 Å². The molecular formula is C23H28FN3O3. The van der Waals surface area contributed by atoms with Crippen molar-refractivity contribution in [3.05, 3.63) is 59.4 Å². The Kier molecular flexibility index (Phi) is 7.79. The SMILES string of the molecule is COCCNC(=O)c1cc(NC(=O)Cc2ccc(F)cc2)ccc1N1CCCCC1. The zero-order valence-electron chi connectivity index (χ0n) is 17.2. The topological polar surface area (TPSA) is 70.7 Å². The first-order valence-corrected chi connectivity index (χ1v) is 10.3. The van der Waals surface area contributed by atoms with Gasteiger partial charge in [-0.05, 0) is 55.2 Å². The third kappa shape index (κ3) is 6.03. The number of anilines is 2. The first-order chi connectivity index (χ1) is 14.6. The molecule has 160 valence electrons. The highest BCUT2D eigenvalue weighted by molar-refractivity contribution is 6.02. The average molecular weight is 413 g/mol. The number of hydrogen-bond donors (Lipinski definition) is 2. The molecule has 2 N–H and O–H groups in total. The first-order valence-electron chi connectivity index (χ1n) is 10.3. The van der Waals surface area contributed by atoms with Gasteiger partial charge in [-0.3, -0.25) is 9.59 Å². The molecule has 1 fully saturated rings. The molecule has 30 heavy (non-hydrogen) atoms. The number of nitrogens with one attached hydrogen (secondary N) is 2. The van der Waals surface area contributed by atoms with Gasteiger partial charge in [0, 0.05) is 38.1 Å². The number of benzene rings is 2. The van der Waals surface area contributed by atoms with Crippen LogP contribution < -0.4 is 15.5 Å². The summed E-state index contributed by atoms with van der Waals surface area (Å²) >= 11 is 0. The molecule has 0 spiro atoms. The number of methoxy groups -OCH3 is 1. The molecule has 6 nitrogen and oxygen atoms in total. The van der Waals surface area contributed by atoms with E-state index >= 15 is 0 Å². The molecule has 0 unspecified atom stereocenters. The van der Waals surface area contributed by atoms with Gasteiger partial charge in [0.05, 0.1) is 18.6 Å². The van der Waals surface area contributed by atoms with Crippen LogP contribution in [0.15, 0.2) is 42.5 Å². The minimum atomic E-state index is -0.336. The van der Waals surface area contributed by atoms with Gasteiger partial charge >= 0.3 is 0 Å². The second-order valence-electron chi connectivity index (χ2n) is 7.38. The van der Waals surface area contributed by atoms with Gasteiger partial charge in [0.15, 0.2) is 0 Å². The average Bonchev–Trinajstić information content (AvgIpc) is 2.76. The maximum Gasteiger partial charge on any atom is 0.253 e. The number of carbonyl (C=O) groups excluding carboxylic acids is 2. The number of halogens is 1. The van der Waals surface area contributed by atoms with E-state index in [1.807, 2.05) is 12.1 Å². The predicted octanol–water partition coefficient (Wildman–Crippen LogP) is 3.37. The van der Waals surface area contributed by atoms with Crippen LogP contribution in [0, 0.1) is 5.82 Å². The summed E-state index contributed by atoms with van der Waals surface area (Å²) in [6.07, 6.45) is 3.52. The molecule has 0 radical (unpaired) electrons. The number of nitrogens with zero attached hydrogens (tertiary/aromatic N) is 1. The first kappa shape index (κ1) is 21.8. The molecule has 3 rings (SSSR count). The zero-order chi connectivity index (χ0) is 21.3. The predicted molar refractivity (Wildman–Crippen MR) is 115 cm³/mol. The number of hydrogen-bond acceptors (Lipinski definition) is 4. The van der Waals surface area contributed by atoms with Crippen LogP contribution in [0.4, 0.5) is 15.8 Å². The Hall–Kier alpha value is -2.93.